The Hall–Kier alpha value is -0.430. The molecule has 0 saturated heterocycles. The van der Waals surface area contributed by atoms with Crippen LogP contribution < -0.4 is 10.6 Å². The molecule has 0 atom stereocenters. The Kier molecular flexibility index (Phi) is 7.70. The normalized spacial score (nSPS) is 13.5. The molecule has 0 aromatic carbocycles. The van der Waals surface area contributed by atoms with Crippen molar-refractivity contribution in [2.45, 2.75) is 25.5 Å². The van der Waals surface area contributed by atoms with Gasteiger partial charge in [0.1, 0.15) is 0 Å². The minimum Gasteiger partial charge on any atom is -0.357 e. The SMILES string of the molecule is CCNC(=NCC(C)(C)S(C)(=O)=O)NCCSC. The highest BCUT2D eigenvalue weighted by molar-refractivity contribution is 7.98. The van der Waals surface area contributed by atoms with Crippen molar-refractivity contribution in [3.05, 3.63) is 0 Å². The number of aliphatic imine (C=N–C) groups is 1. The van der Waals surface area contributed by atoms with Crippen LogP contribution in [-0.2, 0) is 9.84 Å². The fourth-order valence-corrected chi connectivity index (χ4v) is 1.61. The van der Waals surface area contributed by atoms with Crippen molar-refractivity contribution in [2.24, 2.45) is 4.99 Å². The fourth-order valence-electron chi connectivity index (χ4n) is 1.000. The lowest BCUT2D eigenvalue weighted by Gasteiger charge is -2.21. The molecule has 0 saturated carbocycles. The van der Waals surface area contributed by atoms with Gasteiger partial charge in [-0.15, -0.1) is 0 Å². The van der Waals surface area contributed by atoms with Gasteiger partial charge < -0.3 is 10.6 Å². The first-order valence-corrected chi connectivity index (χ1v) is 9.24. The summed E-state index contributed by atoms with van der Waals surface area (Å²) < 4.78 is 22.3. The van der Waals surface area contributed by atoms with Crippen LogP contribution >= 0.6 is 11.8 Å². The Morgan fingerprint density at radius 3 is 2.39 bits per heavy atom. The average molecular weight is 295 g/mol. The van der Waals surface area contributed by atoms with E-state index < -0.39 is 14.6 Å². The molecule has 7 heteroatoms. The van der Waals surface area contributed by atoms with E-state index in [0.29, 0.717) is 5.96 Å². The summed E-state index contributed by atoms with van der Waals surface area (Å²) >= 11 is 1.75. The molecule has 0 amide bonds. The minimum atomic E-state index is -3.10. The van der Waals surface area contributed by atoms with Gasteiger partial charge in [-0.25, -0.2) is 8.42 Å². The lowest BCUT2D eigenvalue weighted by Crippen LogP contribution is -2.41. The lowest BCUT2D eigenvalue weighted by atomic mass is 10.2. The van der Waals surface area contributed by atoms with Crippen LogP contribution in [0.2, 0.25) is 0 Å². The Labute approximate surface area is 115 Å². The number of hydrogen-bond acceptors (Lipinski definition) is 4. The van der Waals surface area contributed by atoms with Crippen LogP contribution in [0.1, 0.15) is 20.8 Å². The molecule has 108 valence electrons. The van der Waals surface area contributed by atoms with E-state index in [2.05, 4.69) is 15.6 Å². The van der Waals surface area contributed by atoms with Crippen LogP contribution in [0.3, 0.4) is 0 Å². The van der Waals surface area contributed by atoms with Gasteiger partial charge in [0.05, 0.1) is 11.3 Å². The molecule has 0 aliphatic heterocycles. The quantitative estimate of drug-likeness (QED) is 0.411. The highest BCUT2D eigenvalue weighted by atomic mass is 32.2. The van der Waals surface area contributed by atoms with E-state index in [9.17, 15) is 8.42 Å². The second kappa shape index (κ2) is 7.89. The van der Waals surface area contributed by atoms with Crippen LogP contribution in [0.5, 0.6) is 0 Å². The molecular formula is C11H25N3O2S2. The van der Waals surface area contributed by atoms with Gasteiger partial charge in [-0.1, -0.05) is 0 Å². The third-order valence-corrected chi connectivity index (χ3v) is 5.31. The number of hydrogen-bond donors (Lipinski definition) is 2. The number of sulfone groups is 1. The molecule has 0 spiro atoms. The minimum absolute atomic E-state index is 0.250. The summed E-state index contributed by atoms with van der Waals surface area (Å²) in [5.74, 6) is 1.66. The maximum atomic E-state index is 11.6. The van der Waals surface area contributed by atoms with Crippen molar-refractivity contribution in [1.29, 1.82) is 0 Å². The summed E-state index contributed by atoms with van der Waals surface area (Å²) in [7, 11) is -3.10. The molecule has 0 fully saturated rings. The van der Waals surface area contributed by atoms with Gasteiger partial charge in [0.2, 0.25) is 0 Å². The van der Waals surface area contributed by atoms with E-state index in [0.717, 1.165) is 18.8 Å². The lowest BCUT2D eigenvalue weighted by molar-refractivity contribution is 0.554. The van der Waals surface area contributed by atoms with Crippen molar-refractivity contribution < 1.29 is 8.42 Å². The molecular weight excluding hydrogens is 270 g/mol. The number of thioether (sulfide) groups is 1. The molecule has 5 nitrogen and oxygen atoms in total. The van der Waals surface area contributed by atoms with Gasteiger partial charge in [0.25, 0.3) is 0 Å². The molecule has 0 aromatic rings. The average Bonchev–Trinajstić information content (AvgIpc) is 2.24. The number of nitrogens with one attached hydrogen (secondary N) is 2. The first-order valence-electron chi connectivity index (χ1n) is 5.95. The first-order chi connectivity index (χ1) is 8.24. The van der Waals surface area contributed by atoms with Gasteiger partial charge in [-0.2, -0.15) is 11.8 Å². The van der Waals surface area contributed by atoms with Crippen LogP contribution in [0, 0.1) is 0 Å². The molecule has 2 N–H and O–H groups in total. The summed E-state index contributed by atoms with van der Waals surface area (Å²) in [4.78, 5) is 4.33. The van der Waals surface area contributed by atoms with Gasteiger partial charge in [-0.3, -0.25) is 4.99 Å². The predicted octanol–water partition coefficient (Wildman–Crippen LogP) is 0.728. The molecule has 0 radical (unpaired) electrons. The van der Waals surface area contributed by atoms with E-state index in [-0.39, 0.29) is 6.54 Å². The molecule has 0 aliphatic rings. The van der Waals surface area contributed by atoms with Gasteiger partial charge in [-0.05, 0) is 27.0 Å². The summed E-state index contributed by atoms with van der Waals surface area (Å²) in [6.45, 7) is 7.18. The van der Waals surface area contributed by atoms with E-state index >= 15 is 0 Å². The summed E-state index contributed by atoms with van der Waals surface area (Å²) in [6, 6.07) is 0. The second-order valence-corrected chi connectivity index (χ2v) is 8.28. The highest BCUT2D eigenvalue weighted by Gasteiger charge is 2.29. The molecule has 18 heavy (non-hydrogen) atoms. The molecule has 0 unspecified atom stereocenters. The van der Waals surface area contributed by atoms with Crippen molar-refractivity contribution in [3.8, 4) is 0 Å². The number of nitrogens with zero attached hydrogens (tertiary/aromatic N) is 1. The van der Waals surface area contributed by atoms with Crippen molar-refractivity contribution in [3.63, 3.8) is 0 Å². The van der Waals surface area contributed by atoms with Crippen molar-refractivity contribution in [2.75, 3.05) is 37.9 Å². The smallest absolute Gasteiger partial charge is 0.191 e. The monoisotopic (exact) mass is 295 g/mol. The van der Waals surface area contributed by atoms with Crippen LogP contribution in [0.4, 0.5) is 0 Å². The third kappa shape index (κ3) is 6.49. The molecule has 0 aliphatic carbocycles. The summed E-state index contributed by atoms with van der Waals surface area (Å²) in [5, 5.41) is 6.27. The predicted molar refractivity (Wildman–Crippen MR) is 81.3 cm³/mol. The summed E-state index contributed by atoms with van der Waals surface area (Å²) in [5.41, 5.74) is 0. The highest BCUT2D eigenvalue weighted by Crippen LogP contribution is 2.14. The van der Waals surface area contributed by atoms with Crippen molar-refractivity contribution >= 4 is 27.6 Å². The largest absolute Gasteiger partial charge is 0.357 e. The van der Waals surface area contributed by atoms with E-state index in [1.165, 1.54) is 6.26 Å². The fraction of sp³-hybridized carbons (Fsp3) is 0.909. The van der Waals surface area contributed by atoms with Crippen LogP contribution in [0.25, 0.3) is 0 Å². The second-order valence-electron chi connectivity index (χ2n) is 4.65. The maximum absolute atomic E-state index is 11.6. The van der Waals surface area contributed by atoms with Crippen molar-refractivity contribution in [1.82, 2.24) is 10.6 Å². The Morgan fingerprint density at radius 1 is 1.33 bits per heavy atom. The molecule has 0 bridgehead atoms. The zero-order valence-corrected chi connectivity index (χ0v) is 13.5. The van der Waals surface area contributed by atoms with Gasteiger partial charge >= 0.3 is 0 Å². The Bertz CT molecular complexity index is 364. The maximum Gasteiger partial charge on any atom is 0.191 e. The molecule has 0 rings (SSSR count). The number of guanidine groups is 1. The molecule has 0 heterocycles. The third-order valence-electron chi connectivity index (χ3n) is 2.56. The van der Waals surface area contributed by atoms with Crippen LogP contribution in [0.15, 0.2) is 4.99 Å². The van der Waals surface area contributed by atoms with E-state index in [4.69, 9.17) is 0 Å². The van der Waals surface area contributed by atoms with Gasteiger partial charge in [0, 0.05) is 25.1 Å². The zero-order chi connectivity index (χ0) is 14.2. The topological polar surface area (TPSA) is 70.6 Å². The Morgan fingerprint density at radius 2 is 1.94 bits per heavy atom. The molecule has 0 aromatic heterocycles. The number of rotatable bonds is 7. The van der Waals surface area contributed by atoms with E-state index in [1.54, 1.807) is 25.6 Å². The zero-order valence-electron chi connectivity index (χ0n) is 11.9. The first kappa shape index (κ1) is 17.6. The van der Waals surface area contributed by atoms with Crippen LogP contribution in [-0.4, -0.2) is 57.0 Å². The standard InChI is InChI=1S/C11H25N3O2S2/c1-6-12-10(13-7-8-17-4)14-9-11(2,3)18(5,15)16/h6-9H2,1-5H3,(H2,12,13,14). The van der Waals surface area contributed by atoms with Gasteiger partial charge in [0.15, 0.2) is 15.8 Å². The Balaban J connectivity index is 4.57. The van der Waals surface area contributed by atoms with E-state index in [1.807, 2.05) is 13.2 Å². The summed E-state index contributed by atoms with van der Waals surface area (Å²) in [6.07, 6.45) is 3.29.